The molecule has 1 saturated heterocycles. The Labute approximate surface area is 87.3 Å². The Bertz CT molecular complexity index is 344. The molecule has 82 valence electrons. The lowest BCUT2D eigenvalue weighted by molar-refractivity contribution is 0.0694. The van der Waals surface area contributed by atoms with Crippen LogP contribution >= 0.6 is 0 Å². The fraction of sp³-hybridized carbons (Fsp3) is 0.556. The molecule has 0 atom stereocenters. The number of hydrogen-bond donors (Lipinski definition) is 3. The second-order valence-corrected chi connectivity index (χ2v) is 3.59. The van der Waals surface area contributed by atoms with Crippen molar-refractivity contribution in [3.63, 3.8) is 0 Å². The summed E-state index contributed by atoms with van der Waals surface area (Å²) in [6, 6.07) is 0. The summed E-state index contributed by atoms with van der Waals surface area (Å²) >= 11 is 0. The van der Waals surface area contributed by atoms with Crippen LogP contribution in [0.2, 0.25) is 0 Å². The van der Waals surface area contributed by atoms with Crippen molar-refractivity contribution in [2.45, 2.75) is 6.54 Å². The van der Waals surface area contributed by atoms with Crippen molar-refractivity contribution in [1.29, 1.82) is 0 Å². The zero-order chi connectivity index (χ0) is 10.7. The van der Waals surface area contributed by atoms with Gasteiger partial charge in [0.15, 0.2) is 0 Å². The smallest absolute Gasteiger partial charge is 0.339 e. The van der Waals surface area contributed by atoms with Crippen LogP contribution in [0.4, 0.5) is 0 Å². The number of nitrogens with one attached hydrogen (secondary N) is 2. The summed E-state index contributed by atoms with van der Waals surface area (Å²) in [7, 11) is 0. The zero-order valence-corrected chi connectivity index (χ0v) is 8.36. The van der Waals surface area contributed by atoms with Crippen molar-refractivity contribution in [2.75, 3.05) is 26.2 Å². The van der Waals surface area contributed by atoms with Crippen molar-refractivity contribution in [3.8, 4) is 0 Å². The lowest BCUT2D eigenvalue weighted by atomic mass is 10.2. The molecule has 6 nitrogen and oxygen atoms in total. The van der Waals surface area contributed by atoms with Gasteiger partial charge in [0.25, 0.3) is 0 Å². The van der Waals surface area contributed by atoms with Crippen molar-refractivity contribution in [2.24, 2.45) is 0 Å². The number of carboxylic acids is 1. The Balaban J connectivity index is 2.03. The van der Waals surface area contributed by atoms with Crippen LogP contribution in [0.25, 0.3) is 0 Å². The van der Waals surface area contributed by atoms with Crippen molar-refractivity contribution in [3.05, 3.63) is 17.5 Å². The molecule has 0 saturated carbocycles. The molecule has 0 unspecified atom stereocenters. The SMILES string of the molecule is O=C(O)c1cn[nH]c1CN1CCNCC1. The van der Waals surface area contributed by atoms with E-state index in [1.54, 1.807) is 0 Å². The molecule has 0 spiro atoms. The van der Waals surface area contributed by atoms with Crippen LogP contribution < -0.4 is 5.32 Å². The van der Waals surface area contributed by atoms with Crippen molar-refractivity contribution >= 4 is 5.97 Å². The first kappa shape index (κ1) is 10.1. The normalized spacial score (nSPS) is 17.9. The molecule has 0 aromatic carbocycles. The number of rotatable bonds is 3. The van der Waals surface area contributed by atoms with Gasteiger partial charge in [0.2, 0.25) is 0 Å². The number of carboxylic acid groups (broad SMARTS) is 1. The molecule has 1 aromatic rings. The second kappa shape index (κ2) is 4.41. The second-order valence-electron chi connectivity index (χ2n) is 3.59. The summed E-state index contributed by atoms with van der Waals surface area (Å²) in [6.45, 7) is 4.42. The summed E-state index contributed by atoms with van der Waals surface area (Å²) in [5.74, 6) is -0.922. The van der Waals surface area contributed by atoms with Gasteiger partial charge in [-0.15, -0.1) is 0 Å². The highest BCUT2D eigenvalue weighted by atomic mass is 16.4. The van der Waals surface area contributed by atoms with E-state index in [9.17, 15) is 4.79 Å². The van der Waals surface area contributed by atoms with Gasteiger partial charge < -0.3 is 10.4 Å². The van der Waals surface area contributed by atoms with E-state index in [-0.39, 0.29) is 5.56 Å². The Morgan fingerprint density at radius 2 is 2.27 bits per heavy atom. The van der Waals surface area contributed by atoms with Gasteiger partial charge in [0, 0.05) is 32.7 Å². The molecule has 1 aliphatic heterocycles. The fourth-order valence-corrected chi connectivity index (χ4v) is 1.71. The first-order chi connectivity index (χ1) is 7.27. The van der Waals surface area contributed by atoms with Gasteiger partial charge >= 0.3 is 5.97 Å². The number of aromatic nitrogens is 2. The summed E-state index contributed by atoms with van der Waals surface area (Å²) in [5.41, 5.74) is 0.956. The van der Waals surface area contributed by atoms with Gasteiger partial charge in [-0.3, -0.25) is 10.00 Å². The third kappa shape index (κ3) is 2.34. The van der Waals surface area contributed by atoms with Crippen LogP contribution in [0, 0.1) is 0 Å². The number of piperazine rings is 1. The molecular formula is C9H14N4O2. The summed E-state index contributed by atoms with van der Waals surface area (Å²) in [4.78, 5) is 13.0. The Hall–Kier alpha value is -1.40. The molecule has 3 N–H and O–H groups in total. The summed E-state index contributed by atoms with van der Waals surface area (Å²) < 4.78 is 0. The number of carbonyl (C=O) groups is 1. The average Bonchev–Trinajstić information content (AvgIpc) is 2.67. The van der Waals surface area contributed by atoms with Crippen LogP contribution in [-0.2, 0) is 6.54 Å². The first-order valence-corrected chi connectivity index (χ1v) is 4.96. The molecule has 15 heavy (non-hydrogen) atoms. The van der Waals surface area contributed by atoms with Gasteiger partial charge in [-0.1, -0.05) is 0 Å². The minimum atomic E-state index is -0.922. The van der Waals surface area contributed by atoms with E-state index in [1.165, 1.54) is 6.20 Å². The maximum Gasteiger partial charge on any atom is 0.339 e. The van der Waals surface area contributed by atoms with Gasteiger partial charge in [0.05, 0.1) is 11.9 Å². The average molecular weight is 210 g/mol. The topological polar surface area (TPSA) is 81.2 Å². The molecule has 0 aliphatic carbocycles. The predicted molar refractivity (Wildman–Crippen MR) is 53.7 cm³/mol. The quantitative estimate of drug-likeness (QED) is 0.627. The number of nitrogens with zero attached hydrogens (tertiary/aromatic N) is 2. The Morgan fingerprint density at radius 3 is 2.93 bits per heavy atom. The van der Waals surface area contributed by atoms with E-state index < -0.39 is 5.97 Å². The highest BCUT2D eigenvalue weighted by Gasteiger charge is 2.16. The van der Waals surface area contributed by atoms with Gasteiger partial charge in [-0.25, -0.2) is 4.79 Å². The minimum absolute atomic E-state index is 0.272. The molecular weight excluding hydrogens is 196 g/mol. The molecule has 2 rings (SSSR count). The standard InChI is InChI=1S/C9H14N4O2/c14-9(15)7-5-11-12-8(7)6-13-3-1-10-2-4-13/h5,10H,1-4,6H2,(H,11,12)(H,14,15). The first-order valence-electron chi connectivity index (χ1n) is 4.96. The summed E-state index contributed by atoms with van der Waals surface area (Å²) in [6.07, 6.45) is 1.36. The fourth-order valence-electron chi connectivity index (χ4n) is 1.71. The van der Waals surface area contributed by atoms with Gasteiger partial charge in [0.1, 0.15) is 5.56 Å². The molecule has 2 heterocycles. The van der Waals surface area contributed by atoms with Gasteiger partial charge in [-0.05, 0) is 0 Å². The number of H-pyrrole nitrogens is 1. The largest absolute Gasteiger partial charge is 0.478 e. The molecule has 0 radical (unpaired) electrons. The Kier molecular flexibility index (Phi) is 2.98. The molecule has 1 aromatic heterocycles. The lowest BCUT2D eigenvalue weighted by Crippen LogP contribution is -2.43. The zero-order valence-electron chi connectivity index (χ0n) is 8.36. The van der Waals surface area contributed by atoms with Crippen LogP contribution in [0.3, 0.4) is 0 Å². The number of aromatic amines is 1. The highest BCUT2D eigenvalue weighted by molar-refractivity contribution is 5.88. The van der Waals surface area contributed by atoms with Gasteiger partial charge in [-0.2, -0.15) is 5.10 Å². The number of hydrogen-bond acceptors (Lipinski definition) is 4. The van der Waals surface area contributed by atoms with Crippen LogP contribution in [0.15, 0.2) is 6.20 Å². The van der Waals surface area contributed by atoms with E-state index in [0.29, 0.717) is 12.2 Å². The molecule has 1 aliphatic rings. The third-order valence-corrected chi connectivity index (χ3v) is 2.54. The van der Waals surface area contributed by atoms with Crippen LogP contribution in [0.5, 0.6) is 0 Å². The Morgan fingerprint density at radius 1 is 1.53 bits per heavy atom. The highest BCUT2D eigenvalue weighted by Crippen LogP contribution is 2.08. The van der Waals surface area contributed by atoms with E-state index in [1.807, 2.05) is 0 Å². The molecule has 0 amide bonds. The summed E-state index contributed by atoms with van der Waals surface area (Å²) in [5, 5.41) is 18.6. The van der Waals surface area contributed by atoms with Crippen molar-refractivity contribution in [1.82, 2.24) is 20.4 Å². The molecule has 0 bridgehead atoms. The van der Waals surface area contributed by atoms with E-state index in [2.05, 4.69) is 20.4 Å². The monoisotopic (exact) mass is 210 g/mol. The maximum atomic E-state index is 10.8. The van der Waals surface area contributed by atoms with Crippen molar-refractivity contribution < 1.29 is 9.90 Å². The molecule has 6 heteroatoms. The van der Waals surface area contributed by atoms with Crippen LogP contribution in [-0.4, -0.2) is 52.4 Å². The van der Waals surface area contributed by atoms with E-state index in [0.717, 1.165) is 26.2 Å². The molecule has 1 fully saturated rings. The predicted octanol–water partition coefficient (Wildman–Crippen LogP) is -0.487. The maximum absolute atomic E-state index is 10.8. The van der Waals surface area contributed by atoms with E-state index in [4.69, 9.17) is 5.11 Å². The van der Waals surface area contributed by atoms with Crippen LogP contribution in [0.1, 0.15) is 16.1 Å². The minimum Gasteiger partial charge on any atom is -0.478 e. The number of aromatic carboxylic acids is 1. The van der Waals surface area contributed by atoms with E-state index >= 15 is 0 Å². The third-order valence-electron chi connectivity index (χ3n) is 2.54. The lowest BCUT2D eigenvalue weighted by Gasteiger charge is -2.26.